The number of nitrogens with zero attached hydrogens (tertiary/aromatic N) is 2. The second-order valence-corrected chi connectivity index (χ2v) is 6.68. The summed E-state index contributed by atoms with van der Waals surface area (Å²) in [6.45, 7) is 4.53. The molecule has 0 amide bonds. The highest BCUT2D eigenvalue weighted by Crippen LogP contribution is 2.44. The molecule has 3 aromatic rings. The molecule has 4 rings (SSSR count). The number of aromatic nitrogens is 1. The van der Waals surface area contributed by atoms with Crippen LogP contribution < -0.4 is 4.74 Å². The van der Waals surface area contributed by atoms with Gasteiger partial charge in [-0.1, -0.05) is 6.92 Å². The topological polar surface area (TPSA) is 77.9 Å². The number of fused-ring (bicyclic) bond motifs is 3. The van der Waals surface area contributed by atoms with Crippen LogP contribution in [-0.2, 0) is 13.0 Å². The minimum Gasteiger partial charge on any atom is -0.496 e. The highest BCUT2D eigenvalue weighted by molar-refractivity contribution is 6.00. The summed E-state index contributed by atoms with van der Waals surface area (Å²) in [6.07, 6.45) is 0.776. The van der Waals surface area contributed by atoms with Crippen LogP contribution in [0.15, 0.2) is 29.4 Å². The lowest BCUT2D eigenvalue weighted by Gasteiger charge is -2.30. The zero-order chi connectivity index (χ0) is 19.1. The Bertz CT molecular complexity index is 1040. The van der Waals surface area contributed by atoms with Crippen molar-refractivity contribution in [2.24, 2.45) is 5.18 Å². The molecule has 6 nitrogen and oxygen atoms in total. The van der Waals surface area contributed by atoms with Gasteiger partial charge in [0.05, 0.1) is 12.6 Å². The van der Waals surface area contributed by atoms with Crippen molar-refractivity contribution in [1.82, 2.24) is 9.88 Å². The Balaban J connectivity index is 2.07. The van der Waals surface area contributed by atoms with Gasteiger partial charge in [-0.3, -0.25) is 4.90 Å². The van der Waals surface area contributed by atoms with E-state index >= 15 is 0 Å². The molecular weight excluding hydrogens is 349 g/mol. The average Bonchev–Trinajstić information content (AvgIpc) is 3.02. The van der Waals surface area contributed by atoms with Crippen molar-refractivity contribution in [1.29, 1.82) is 0 Å². The summed E-state index contributed by atoms with van der Waals surface area (Å²) in [5, 5.41) is 13.6. The van der Waals surface area contributed by atoms with Crippen molar-refractivity contribution in [3.8, 4) is 22.8 Å². The predicted octanol–water partition coefficient (Wildman–Crippen LogP) is 4.46. The van der Waals surface area contributed by atoms with E-state index in [0.717, 1.165) is 36.2 Å². The smallest absolute Gasteiger partial charge is 0.219 e. The van der Waals surface area contributed by atoms with Crippen LogP contribution in [0.25, 0.3) is 22.0 Å². The number of aromatic hydroxyl groups is 1. The second-order valence-electron chi connectivity index (χ2n) is 6.68. The number of nitroso groups, excluding NO2 is 1. The van der Waals surface area contributed by atoms with Crippen molar-refractivity contribution >= 4 is 16.6 Å². The summed E-state index contributed by atoms with van der Waals surface area (Å²) in [4.78, 5) is 16.5. The maximum Gasteiger partial charge on any atom is 0.219 e. The molecule has 27 heavy (non-hydrogen) atoms. The second kappa shape index (κ2) is 6.66. The molecule has 0 spiro atoms. The molecular formula is C20H20FN3O3. The molecule has 0 radical (unpaired) electrons. The number of ether oxygens (including phenoxy) is 1. The SMILES string of the molecule is CCN1CCc2c(-c3cc(F)ccc3OC)cc3c(N=O)c(O)[nH]c3c2C1. The molecule has 0 unspecified atom stereocenters. The number of H-pyrrole nitrogens is 1. The third kappa shape index (κ3) is 2.75. The van der Waals surface area contributed by atoms with Gasteiger partial charge in [0.15, 0.2) is 5.69 Å². The first-order chi connectivity index (χ1) is 13.1. The Morgan fingerprint density at radius 2 is 2.11 bits per heavy atom. The lowest BCUT2D eigenvalue weighted by Crippen LogP contribution is -2.30. The monoisotopic (exact) mass is 369 g/mol. The van der Waals surface area contributed by atoms with Crippen LogP contribution in [0.4, 0.5) is 10.1 Å². The van der Waals surface area contributed by atoms with E-state index in [4.69, 9.17) is 4.74 Å². The molecule has 7 heteroatoms. The van der Waals surface area contributed by atoms with Gasteiger partial charge < -0.3 is 14.8 Å². The number of hydrogen-bond acceptors (Lipinski definition) is 5. The number of methoxy groups -OCH3 is 1. The summed E-state index contributed by atoms with van der Waals surface area (Å²) >= 11 is 0. The van der Waals surface area contributed by atoms with Gasteiger partial charge in [-0.2, -0.15) is 0 Å². The third-order valence-electron chi connectivity index (χ3n) is 5.32. The van der Waals surface area contributed by atoms with Crippen molar-refractivity contribution in [3.05, 3.63) is 46.1 Å². The first-order valence-corrected chi connectivity index (χ1v) is 8.86. The van der Waals surface area contributed by atoms with Gasteiger partial charge in [-0.25, -0.2) is 4.39 Å². The number of rotatable bonds is 4. The Morgan fingerprint density at radius 3 is 2.81 bits per heavy atom. The molecule has 2 aromatic carbocycles. The number of aromatic amines is 1. The molecule has 140 valence electrons. The lowest BCUT2D eigenvalue weighted by atomic mass is 9.88. The fourth-order valence-corrected chi connectivity index (χ4v) is 3.94. The van der Waals surface area contributed by atoms with Gasteiger partial charge >= 0.3 is 0 Å². The predicted molar refractivity (Wildman–Crippen MR) is 102 cm³/mol. The maximum absolute atomic E-state index is 14.0. The van der Waals surface area contributed by atoms with Crippen LogP contribution in [0.3, 0.4) is 0 Å². The Kier molecular flexibility index (Phi) is 4.31. The zero-order valence-corrected chi connectivity index (χ0v) is 15.2. The van der Waals surface area contributed by atoms with Gasteiger partial charge in [0.25, 0.3) is 0 Å². The summed E-state index contributed by atoms with van der Waals surface area (Å²) < 4.78 is 19.4. The van der Waals surface area contributed by atoms with E-state index in [-0.39, 0.29) is 17.4 Å². The van der Waals surface area contributed by atoms with Crippen LogP contribution in [-0.4, -0.2) is 35.2 Å². The summed E-state index contributed by atoms with van der Waals surface area (Å²) in [5.41, 5.74) is 4.15. The first-order valence-electron chi connectivity index (χ1n) is 8.86. The molecule has 0 atom stereocenters. The molecule has 1 aliphatic rings. The number of benzene rings is 2. The molecule has 0 bridgehead atoms. The van der Waals surface area contributed by atoms with E-state index in [0.29, 0.717) is 28.8 Å². The van der Waals surface area contributed by atoms with E-state index in [9.17, 15) is 14.4 Å². The standard InChI is InChI=1S/C20H20FN3O3/c1-3-24-7-6-12-13(14-8-11(21)4-5-17(14)27-2)9-15-18(16(12)10-24)22-20(25)19(15)23-26/h4-5,8-9,22,25H,3,6-7,10H2,1-2H3. The lowest BCUT2D eigenvalue weighted by molar-refractivity contribution is 0.269. The summed E-state index contributed by atoms with van der Waals surface area (Å²) in [6, 6.07) is 6.18. The largest absolute Gasteiger partial charge is 0.496 e. The Labute approximate surface area is 155 Å². The minimum absolute atomic E-state index is 0.0296. The van der Waals surface area contributed by atoms with Gasteiger partial charge in [0.1, 0.15) is 11.6 Å². The van der Waals surface area contributed by atoms with Crippen molar-refractivity contribution in [3.63, 3.8) is 0 Å². The van der Waals surface area contributed by atoms with E-state index in [1.165, 1.54) is 12.1 Å². The maximum atomic E-state index is 14.0. The van der Waals surface area contributed by atoms with Crippen molar-refractivity contribution in [2.45, 2.75) is 19.9 Å². The highest BCUT2D eigenvalue weighted by atomic mass is 19.1. The van der Waals surface area contributed by atoms with Crippen LogP contribution >= 0.6 is 0 Å². The van der Waals surface area contributed by atoms with Gasteiger partial charge in [-0.15, -0.1) is 4.91 Å². The average molecular weight is 369 g/mol. The normalized spacial score (nSPS) is 14.3. The summed E-state index contributed by atoms with van der Waals surface area (Å²) in [7, 11) is 1.54. The zero-order valence-electron chi connectivity index (χ0n) is 15.2. The highest BCUT2D eigenvalue weighted by Gasteiger charge is 2.26. The van der Waals surface area contributed by atoms with Gasteiger partial charge in [0, 0.05) is 24.0 Å². The molecule has 1 aromatic heterocycles. The van der Waals surface area contributed by atoms with Crippen molar-refractivity contribution < 1.29 is 14.2 Å². The fraction of sp³-hybridized carbons (Fsp3) is 0.300. The molecule has 0 fully saturated rings. The molecule has 2 heterocycles. The van der Waals surface area contributed by atoms with Crippen LogP contribution in [0, 0.1) is 10.7 Å². The van der Waals surface area contributed by atoms with Gasteiger partial charge in [-0.05, 0) is 59.1 Å². The first kappa shape index (κ1) is 17.5. The number of likely N-dealkylation sites (N-methyl/N-ethyl adjacent to an activating group) is 1. The number of halogens is 1. The molecule has 0 aliphatic carbocycles. The molecule has 0 saturated heterocycles. The minimum atomic E-state index is -0.365. The Morgan fingerprint density at radius 1 is 1.30 bits per heavy atom. The third-order valence-corrected chi connectivity index (χ3v) is 5.32. The Hall–Kier alpha value is -2.93. The molecule has 0 saturated carbocycles. The number of nitrogens with one attached hydrogen (secondary N) is 1. The fourth-order valence-electron chi connectivity index (χ4n) is 3.94. The van der Waals surface area contributed by atoms with E-state index < -0.39 is 0 Å². The van der Waals surface area contributed by atoms with Crippen LogP contribution in [0.5, 0.6) is 11.6 Å². The van der Waals surface area contributed by atoms with Crippen LogP contribution in [0.2, 0.25) is 0 Å². The summed E-state index contributed by atoms with van der Waals surface area (Å²) in [5.74, 6) is -0.0632. The van der Waals surface area contributed by atoms with Gasteiger partial charge in [0.2, 0.25) is 5.88 Å². The van der Waals surface area contributed by atoms with E-state index in [1.807, 2.05) is 0 Å². The van der Waals surface area contributed by atoms with Crippen LogP contribution in [0.1, 0.15) is 18.1 Å². The number of hydrogen-bond donors (Lipinski definition) is 2. The van der Waals surface area contributed by atoms with Crippen molar-refractivity contribution in [2.75, 3.05) is 20.2 Å². The quantitative estimate of drug-likeness (QED) is 0.666. The molecule has 2 N–H and O–H groups in total. The van der Waals surface area contributed by atoms with E-state index in [2.05, 4.69) is 22.0 Å². The van der Waals surface area contributed by atoms with E-state index in [1.54, 1.807) is 19.2 Å². The molecule has 1 aliphatic heterocycles.